The van der Waals surface area contributed by atoms with Crippen LogP contribution >= 0.6 is 0 Å². The van der Waals surface area contributed by atoms with Crippen LogP contribution in [0.2, 0.25) is 0 Å². The molecule has 32 heavy (non-hydrogen) atoms. The van der Waals surface area contributed by atoms with Crippen molar-refractivity contribution in [3.05, 3.63) is 65.5 Å². The molecule has 1 fully saturated rings. The minimum atomic E-state index is -0.0676. The summed E-state index contributed by atoms with van der Waals surface area (Å²) < 4.78 is 7.23. The lowest BCUT2D eigenvalue weighted by Crippen LogP contribution is -2.38. The molecule has 2 aliphatic heterocycles. The summed E-state index contributed by atoms with van der Waals surface area (Å²) in [6.45, 7) is 5.90. The average molecular weight is 431 g/mol. The van der Waals surface area contributed by atoms with Crippen molar-refractivity contribution in [2.24, 2.45) is 0 Å². The Bertz CT molecular complexity index is 1180. The van der Waals surface area contributed by atoms with Crippen molar-refractivity contribution in [3.63, 3.8) is 0 Å². The molecular formula is C25H26N4O3. The van der Waals surface area contributed by atoms with Gasteiger partial charge in [0.1, 0.15) is 11.4 Å². The second-order valence-corrected chi connectivity index (χ2v) is 8.18. The Morgan fingerprint density at radius 2 is 1.75 bits per heavy atom. The van der Waals surface area contributed by atoms with Gasteiger partial charge in [-0.25, -0.2) is 4.68 Å². The second kappa shape index (κ2) is 8.15. The molecule has 0 unspecified atom stereocenters. The maximum atomic E-state index is 13.5. The molecule has 7 nitrogen and oxygen atoms in total. The highest BCUT2D eigenvalue weighted by molar-refractivity contribution is 6.07. The van der Waals surface area contributed by atoms with E-state index in [1.54, 1.807) is 15.8 Å². The van der Waals surface area contributed by atoms with Gasteiger partial charge in [-0.1, -0.05) is 0 Å². The van der Waals surface area contributed by atoms with Crippen molar-refractivity contribution in [1.29, 1.82) is 0 Å². The van der Waals surface area contributed by atoms with Crippen LogP contribution in [0.15, 0.2) is 48.7 Å². The van der Waals surface area contributed by atoms with E-state index >= 15 is 0 Å². The van der Waals surface area contributed by atoms with E-state index in [9.17, 15) is 9.59 Å². The fraction of sp³-hybridized carbons (Fsp3) is 0.320. The SMILES string of the molecule is CCOc1ccc(-n2ncc3c2C(=O)N(c2ccc(N4CCCC4=O)c(C)c2)CC3)cc1. The molecule has 0 aliphatic carbocycles. The molecule has 1 saturated heterocycles. The number of benzene rings is 2. The van der Waals surface area contributed by atoms with Crippen LogP contribution in [0.5, 0.6) is 5.75 Å². The predicted molar refractivity (Wildman–Crippen MR) is 123 cm³/mol. The van der Waals surface area contributed by atoms with Crippen LogP contribution in [0.3, 0.4) is 0 Å². The van der Waals surface area contributed by atoms with Gasteiger partial charge in [0.25, 0.3) is 5.91 Å². The van der Waals surface area contributed by atoms with Crippen molar-refractivity contribution in [3.8, 4) is 11.4 Å². The zero-order chi connectivity index (χ0) is 22.2. The summed E-state index contributed by atoms with van der Waals surface area (Å²) in [7, 11) is 0. The molecule has 5 rings (SSSR count). The number of hydrogen-bond acceptors (Lipinski definition) is 4. The zero-order valence-corrected chi connectivity index (χ0v) is 18.4. The Balaban J connectivity index is 1.44. The number of hydrogen-bond donors (Lipinski definition) is 0. The van der Waals surface area contributed by atoms with Crippen molar-refractivity contribution in [2.75, 3.05) is 29.5 Å². The van der Waals surface area contributed by atoms with Gasteiger partial charge >= 0.3 is 0 Å². The first-order valence-electron chi connectivity index (χ1n) is 11.1. The standard InChI is InChI=1S/C25H26N4O3/c1-3-32-21-9-6-19(7-10-21)29-24-18(16-26-29)12-14-27(25(24)31)20-8-11-22(17(2)15-20)28-13-4-5-23(28)30/h6-11,15-16H,3-5,12-14H2,1-2H3. The molecule has 0 radical (unpaired) electrons. The predicted octanol–water partition coefficient (Wildman–Crippen LogP) is 3.91. The normalized spacial score (nSPS) is 15.9. The molecule has 0 saturated carbocycles. The Kier molecular flexibility index (Phi) is 5.17. The third kappa shape index (κ3) is 3.43. The molecule has 0 N–H and O–H groups in total. The minimum absolute atomic E-state index is 0.0676. The van der Waals surface area contributed by atoms with Gasteiger partial charge in [0, 0.05) is 36.4 Å². The van der Waals surface area contributed by atoms with E-state index in [2.05, 4.69) is 5.10 Å². The van der Waals surface area contributed by atoms with Gasteiger partial charge in [0.15, 0.2) is 0 Å². The highest BCUT2D eigenvalue weighted by Crippen LogP contribution is 2.32. The molecule has 164 valence electrons. The van der Waals surface area contributed by atoms with Gasteiger partial charge < -0.3 is 14.5 Å². The first-order chi connectivity index (χ1) is 15.6. The van der Waals surface area contributed by atoms with Crippen LogP contribution in [0.1, 0.15) is 41.4 Å². The van der Waals surface area contributed by atoms with Gasteiger partial charge in [-0.3, -0.25) is 9.59 Å². The fourth-order valence-corrected chi connectivity index (χ4v) is 4.56. The maximum Gasteiger partial charge on any atom is 0.277 e. The van der Waals surface area contributed by atoms with Crippen molar-refractivity contribution in [1.82, 2.24) is 9.78 Å². The molecule has 0 bridgehead atoms. The molecule has 3 aromatic rings. The number of anilines is 2. The lowest BCUT2D eigenvalue weighted by atomic mass is 10.0. The highest BCUT2D eigenvalue weighted by atomic mass is 16.5. The van der Waals surface area contributed by atoms with Crippen LogP contribution in [-0.4, -0.2) is 41.3 Å². The summed E-state index contributed by atoms with van der Waals surface area (Å²) in [6, 6.07) is 13.5. The number of carbonyl (C=O) groups is 2. The van der Waals surface area contributed by atoms with Gasteiger partial charge in [-0.15, -0.1) is 0 Å². The monoisotopic (exact) mass is 430 g/mol. The number of aryl methyl sites for hydroxylation is 1. The number of carbonyl (C=O) groups excluding carboxylic acids is 2. The van der Waals surface area contributed by atoms with E-state index in [0.29, 0.717) is 25.3 Å². The van der Waals surface area contributed by atoms with Gasteiger partial charge in [-0.2, -0.15) is 5.10 Å². The number of rotatable bonds is 5. The summed E-state index contributed by atoms with van der Waals surface area (Å²) in [6.07, 6.45) is 4.02. The molecule has 2 amide bonds. The van der Waals surface area contributed by atoms with E-state index in [-0.39, 0.29) is 11.8 Å². The van der Waals surface area contributed by atoms with Crippen LogP contribution in [0, 0.1) is 6.92 Å². The maximum absolute atomic E-state index is 13.5. The number of fused-ring (bicyclic) bond motifs is 1. The van der Waals surface area contributed by atoms with Crippen LogP contribution in [-0.2, 0) is 11.2 Å². The van der Waals surface area contributed by atoms with Gasteiger partial charge in [-0.05, 0) is 74.7 Å². The summed E-state index contributed by atoms with van der Waals surface area (Å²) in [4.78, 5) is 29.3. The molecule has 0 atom stereocenters. The lowest BCUT2D eigenvalue weighted by molar-refractivity contribution is -0.117. The van der Waals surface area contributed by atoms with E-state index in [1.165, 1.54) is 0 Å². The smallest absolute Gasteiger partial charge is 0.277 e. The Labute approximate surface area is 187 Å². The van der Waals surface area contributed by atoms with Crippen LogP contribution in [0.4, 0.5) is 11.4 Å². The Morgan fingerprint density at radius 3 is 2.44 bits per heavy atom. The second-order valence-electron chi connectivity index (χ2n) is 8.18. The Hall–Kier alpha value is -3.61. The molecule has 3 heterocycles. The molecular weight excluding hydrogens is 404 g/mol. The molecule has 1 aromatic heterocycles. The molecule has 2 aromatic carbocycles. The molecule has 7 heteroatoms. The largest absolute Gasteiger partial charge is 0.494 e. The van der Waals surface area contributed by atoms with Crippen molar-refractivity contribution in [2.45, 2.75) is 33.1 Å². The molecule has 2 aliphatic rings. The first-order valence-corrected chi connectivity index (χ1v) is 11.1. The van der Waals surface area contributed by atoms with Gasteiger partial charge in [0.05, 0.1) is 18.5 Å². The lowest BCUT2D eigenvalue weighted by Gasteiger charge is -2.29. The fourth-order valence-electron chi connectivity index (χ4n) is 4.56. The van der Waals surface area contributed by atoms with E-state index in [0.717, 1.165) is 53.3 Å². The highest BCUT2D eigenvalue weighted by Gasteiger charge is 2.31. The summed E-state index contributed by atoms with van der Waals surface area (Å²) in [5, 5.41) is 4.50. The average Bonchev–Trinajstić information content (AvgIpc) is 3.42. The van der Waals surface area contributed by atoms with Gasteiger partial charge in [0.2, 0.25) is 5.91 Å². The third-order valence-electron chi connectivity index (χ3n) is 6.15. The summed E-state index contributed by atoms with van der Waals surface area (Å²) in [5.74, 6) is 0.887. The van der Waals surface area contributed by atoms with Crippen molar-refractivity contribution < 1.29 is 14.3 Å². The topological polar surface area (TPSA) is 67.7 Å². The van der Waals surface area contributed by atoms with E-state index < -0.39 is 0 Å². The van der Waals surface area contributed by atoms with Crippen LogP contribution in [0.25, 0.3) is 5.69 Å². The summed E-state index contributed by atoms with van der Waals surface area (Å²) in [5.41, 5.74) is 5.14. The minimum Gasteiger partial charge on any atom is -0.494 e. The number of nitrogens with zero attached hydrogens (tertiary/aromatic N) is 4. The summed E-state index contributed by atoms with van der Waals surface area (Å²) >= 11 is 0. The third-order valence-corrected chi connectivity index (χ3v) is 6.15. The zero-order valence-electron chi connectivity index (χ0n) is 18.4. The van der Waals surface area contributed by atoms with E-state index in [1.807, 2.05) is 61.2 Å². The van der Waals surface area contributed by atoms with Crippen molar-refractivity contribution >= 4 is 23.2 Å². The molecule has 0 spiro atoms. The Morgan fingerprint density at radius 1 is 0.969 bits per heavy atom. The quantitative estimate of drug-likeness (QED) is 0.616. The first kappa shape index (κ1) is 20.3. The van der Waals surface area contributed by atoms with E-state index in [4.69, 9.17) is 4.74 Å². The number of ether oxygens (including phenoxy) is 1. The number of amides is 2. The number of aromatic nitrogens is 2. The van der Waals surface area contributed by atoms with Crippen LogP contribution < -0.4 is 14.5 Å².